The molecule has 1 saturated heterocycles. The second kappa shape index (κ2) is 5.27. The van der Waals surface area contributed by atoms with E-state index >= 15 is 0 Å². The number of rotatable bonds is 4. The van der Waals surface area contributed by atoms with E-state index < -0.39 is 13.4 Å². The minimum Gasteiger partial charge on any atom is -0.340 e. The first kappa shape index (κ1) is 13.6. The molecule has 2 atom stereocenters. The average molecular weight is 250 g/mol. The standard InChI is InChI=1S/C9H19N2O4P/c1-6(2)9(16(13,14)15)11-8(12)7-4-3-5-10-7/h6-7,9-10H,3-5H2,1-2H3,(H,11,12)(H2,13,14,15). The first-order chi connectivity index (χ1) is 7.32. The Balaban J connectivity index is 2.61. The van der Waals surface area contributed by atoms with Gasteiger partial charge < -0.3 is 20.4 Å². The molecule has 0 spiro atoms. The lowest BCUT2D eigenvalue weighted by atomic mass is 10.2. The van der Waals surface area contributed by atoms with E-state index in [0.29, 0.717) is 0 Å². The van der Waals surface area contributed by atoms with Gasteiger partial charge in [-0.05, 0) is 25.3 Å². The van der Waals surface area contributed by atoms with Crippen molar-refractivity contribution < 1.29 is 19.1 Å². The van der Waals surface area contributed by atoms with Crippen molar-refractivity contribution in [1.82, 2.24) is 10.6 Å². The highest BCUT2D eigenvalue weighted by Gasteiger charge is 2.35. The summed E-state index contributed by atoms with van der Waals surface area (Å²) in [7, 11) is -4.29. The van der Waals surface area contributed by atoms with Crippen molar-refractivity contribution in [2.24, 2.45) is 5.92 Å². The highest BCUT2D eigenvalue weighted by atomic mass is 31.2. The summed E-state index contributed by atoms with van der Waals surface area (Å²) < 4.78 is 11.2. The Morgan fingerprint density at radius 3 is 2.50 bits per heavy atom. The van der Waals surface area contributed by atoms with Crippen molar-refractivity contribution in [3.8, 4) is 0 Å². The summed E-state index contributed by atoms with van der Waals surface area (Å²) in [5, 5.41) is 5.42. The summed E-state index contributed by atoms with van der Waals surface area (Å²) in [6, 6.07) is -0.312. The maximum absolute atomic E-state index is 11.7. The van der Waals surface area contributed by atoms with E-state index in [1.165, 1.54) is 0 Å². The van der Waals surface area contributed by atoms with Crippen LogP contribution in [0.1, 0.15) is 26.7 Å². The van der Waals surface area contributed by atoms with E-state index in [1.54, 1.807) is 13.8 Å². The maximum Gasteiger partial charge on any atom is 0.347 e. The van der Waals surface area contributed by atoms with Gasteiger partial charge in [0.25, 0.3) is 0 Å². The van der Waals surface area contributed by atoms with Crippen LogP contribution in [0.4, 0.5) is 0 Å². The fraction of sp³-hybridized carbons (Fsp3) is 0.889. The van der Waals surface area contributed by atoms with E-state index in [1.807, 2.05) is 0 Å². The lowest BCUT2D eigenvalue weighted by Gasteiger charge is -2.24. The van der Waals surface area contributed by atoms with E-state index in [-0.39, 0.29) is 17.9 Å². The molecule has 6 nitrogen and oxygen atoms in total. The van der Waals surface area contributed by atoms with Crippen LogP contribution in [0.25, 0.3) is 0 Å². The highest BCUT2D eigenvalue weighted by Crippen LogP contribution is 2.43. The Labute approximate surface area is 95.0 Å². The third-order valence-electron chi connectivity index (χ3n) is 2.66. The van der Waals surface area contributed by atoms with Gasteiger partial charge in [-0.3, -0.25) is 9.36 Å². The summed E-state index contributed by atoms with van der Waals surface area (Å²) in [4.78, 5) is 29.9. The van der Waals surface area contributed by atoms with Gasteiger partial charge in [-0.1, -0.05) is 13.8 Å². The lowest BCUT2D eigenvalue weighted by molar-refractivity contribution is -0.123. The zero-order valence-corrected chi connectivity index (χ0v) is 10.4. The minimum atomic E-state index is -4.29. The molecule has 0 aromatic carbocycles. The second-order valence-corrected chi connectivity index (χ2v) is 6.17. The molecule has 1 heterocycles. The molecule has 4 N–H and O–H groups in total. The Morgan fingerprint density at radius 2 is 2.12 bits per heavy atom. The minimum absolute atomic E-state index is 0.300. The van der Waals surface area contributed by atoms with E-state index in [0.717, 1.165) is 19.4 Å². The van der Waals surface area contributed by atoms with Gasteiger partial charge in [0.15, 0.2) is 0 Å². The quantitative estimate of drug-likeness (QED) is 0.527. The molecule has 1 aliphatic rings. The predicted octanol–water partition coefficient (Wildman–Crippen LogP) is 0.0144. The van der Waals surface area contributed by atoms with Gasteiger partial charge in [0.2, 0.25) is 5.91 Å². The number of hydrogen-bond donors (Lipinski definition) is 4. The van der Waals surface area contributed by atoms with Gasteiger partial charge in [0, 0.05) is 0 Å². The molecule has 16 heavy (non-hydrogen) atoms. The normalized spacial score (nSPS) is 23.4. The topological polar surface area (TPSA) is 98.7 Å². The number of amides is 1. The highest BCUT2D eigenvalue weighted by molar-refractivity contribution is 7.52. The van der Waals surface area contributed by atoms with Crippen LogP contribution in [0.2, 0.25) is 0 Å². The second-order valence-electron chi connectivity index (χ2n) is 4.44. The van der Waals surface area contributed by atoms with Crippen molar-refractivity contribution in [2.45, 2.75) is 38.5 Å². The van der Waals surface area contributed by atoms with Gasteiger partial charge in [-0.25, -0.2) is 0 Å². The Bertz CT molecular complexity index is 296. The largest absolute Gasteiger partial charge is 0.347 e. The number of nitrogens with one attached hydrogen (secondary N) is 2. The molecule has 0 saturated carbocycles. The SMILES string of the molecule is CC(C)C(NC(=O)C1CCCN1)P(=O)(O)O. The van der Waals surface area contributed by atoms with Crippen LogP contribution in [0.5, 0.6) is 0 Å². The van der Waals surface area contributed by atoms with E-state index in [9.17, 15) is 9.36 Å². The van der Waals surface area contributed by atoms with Gasteiger partial charge in [0.1, 0.15) is 5.78 Å². The van der Waals surface area contributed by atoms with Gasteiger partial charge in [-0.15, -0.1) is 0 Å². The first-order valence-corrected chi connectivity index (χ1v) is 7.09. The van der Waals surface area contributed by atoms with Crippen LogP contribution in [0, 0.1) is 5.92 Å². The number of carbonyl (C=O) groups is 1. The molecule has 94 valence electrons. The summed E-state index contributed by atoms with van der Waals surface area (Å²) in [6.07, 6.45) is 1.64. The van der Waals surface area contributed by atoms with Crippen molar-refractivity contribution >= 4 is 13.5 Å². The molecule has 0 aromatic heterocycles. The van der Waals surface area contributed by atoms with Crippen LogP contribution < -0.4 is 10.6 Å². The molecule has 1 aliphatic heterocycles. The third kappa shape index (κ3) is 3.56. The molecular formula is C9H19N2O4P. The van der Waals surface area contributed by atoms with Crippen molar-refractivity contribution in [3.05, 3.63) is 0 Å². The van der Waals surface area contributed by atoms with Crippen LogP contribution in [-0.4, -0.2) is 34.1 Å². The lowest BCUT2D eigenvalue weighted by Crippen LogP contribution is -2.46. The van der Waals surface area contributed by atoms with Crippen molar-refractivity contribution in [3.63, 3.8) is 0 Å². The van der Waals surface area contributed by atoms with E-state index in [2.05, 4.69) is 10.6 Å². The van der Waals surface area contributed by atoms with Crippen LogP contribution >= 0.6 is 7.60 Å². The fourth-order valence-corrected chi connectivity index (χ4v) is 2.87. The van der Waals surface area contributed by atoms with E-state index in [4.69, 9.17) is 9.79 Å². The Morgan fingerprint density at radius 1 is 1.50 bits per heavy atom. The molecule has 2 unspecified atom stereocenters. The molecule has 1 amide bonds. The molecule has 1 fully saturated rings. The average Bonchev–Trinajstić information content (AvgIpc) is 2.63. The van der Waals surface area contributed by atoms with Crippen LogP contribution in [0.15, 0.2) is 0 Å². The summed E-state index contributed by atoms with van der Waals surface area (Å²) in [5.74, 6) is -1.71. The molecular weight excluding hydrogens is 231 g/mol. The Hall–Kier alpha value is -0.420. The molecule has 0 radical (unpaired) electrons. The van der Waals surface area contributed by atoms with Gasteiger partial charge in [-0.2, -0.15) is 0 Å². The summed E-state index contributed by atoms with van der Waals surface area (Å²) >= 11 is 0. The first-order valence-electron chi connectivity index (χ1n) is 5.41. The molecule has 0 bridgehead atoms. The Kier molecular flexibility index (Phi) is 4.50. The van der Waals surface area contributed by atoms with Gasteiger partial charge >= 0.3 is 7.60 Å². The van der Waals surface area contributed by atoms with Crippen LogP contribution in [0.3, 0.4) is 0 Å². The predicted molar refractivity (Wildman–Crippen MR) is 59.8 cm³/mol. The molecule has 0 aromatic rings. The zero-order valence-electron chi connectivity index (χ0n) is 9.51. The molecule has 0 aliphatic carbocycles. The summed E-state index contributed by atoms with van der Waals surface area (Å²) in [6.45, 7) is 4.12. The maximum atomic E-state index is 11.7. The van der Waals surface area contributed by atoms with Crippen LogP contribution in [-0.2, 0) is 9.36 Å². The zero-order chi connectivity index (χ0) is 12.3. The van der Waals surface area contributed by atoms with Crippen molar-refractivity contribution in [1.29, 1.82) is 0 Å². The number of hydrogen-bond acceptors (Lipinski definition) is 3. The monoisotopic (exact) mass is 250 g/mol. The fourth-order valence-electron chi connectivity index (χ4n) is 1.79. The molecule has 1 rings (SSSR count). The van der Waals surface area contributed by atoms with Gasteiger partial charge in [0.05, 0.1) is 6.04 Å². The van der Waals surface area contributed by atoms with Crippen molar-refractivity contribution in [2.75, 3.05) is 6.54 Å². The molecule has 7 heteroatoms. The summed E-state index contributed by atoms with van der Waals surface area (Å²) in [5.41, 5.74) is 0. The smallest absolute Gasteiger partial charge is 0.340 e. The third-order valence-corrected chi connectivity index (χ3v) is 4.11. The number of carbonyl (C=O) groups excluding carboxylic acids is 1.